The molecule has 1 aromatic heterocycles. The molecule has 0 aromatic carbocycles. The summed E-state index contributed by atoms with van der Waals surface area (Å²) in [6, 6.07) is 2.91. The van der Waals surface area contributed by atoms with Gasteiger partial charge in [-0.15, -0.1) is 0 Å². The number of carbonyl (C=O) groups is 1. The summed E-state index contributed by atoms with van der Waals surface area (Å²) in [4.78, 5) is 15.3. The summed E-state index contributed by atoms with van der Waals surface area (Å²) in [5.41, 5.74) is 0.385. The number of aromatic nitrogens is 1. The lowest BCUT2D eigenvalue weighted by molar-refractivity contribution is 0.0937. The molecular formula is C9H10Cl2N2O2. The molecule has 6 heteroatoms. The first-order chi connectivity index (χ1) is 7.13. The number of ether oxygens (including phenoxy) is 1. The Balaban J connectivity index is 2.65. The smallest absolute Gasteiger partial charge is 0.251 e. The number of nitrogens with one attached hydrogen (secondary N) is 1. The van der Waals surface area contributed by atoms with Gasteiger partial charge in [-0.3, -0.25) is 4.79 Å². The zero-order chi connectivity index (χ0) is 11.3. The Bertz CT molecular complexity index is 338. The normalized spacial score (nSPS) is 10.1. The lowest BCUT2D eigenvalue weighted by Gasteiger charge is -2.04. The Morgan fingerprint density at radius 1 is 1.47 bits per heavy atom. The molecule has 1 amide bonds. The predicted molar refractivity (Wildman–Crippen MR) is 58.5 cm³/mol. The molecule has 1 heterocycles. The quantitative estimate of drug-likeness (QED) is 0.653. The van der Waals surface area contributed by atoms with Crippen LogP contribution in [0.5, 0.6) is 0 Å². The van der Waals surface area contributed by atoms with E-state index in [4.69, 9.17) is 27.9 Å². The predicted octanol–water partition coefficient (Wildman–Crippen LogP) is 1.76. The van der Waals surface area contributed by atoms with Gasteiger partial charge in [0.25, 0.3) is 5.91 Å². The number of pyridine rings is 1. The second-order valence-electron chi connectivity index (χ2n) is 2.75. The number of hydrogen-bond acceptors (Lipinski definition) is 3. The Morgan fingerprint density at radius 2 is 2.07 bits per heavy atom. The van der Waals surface area contributed by atoms with Gasteiger partial charge in [0.2, 0.25) is 0 Å². The van der Waals surface area contributed by atoms with Crippen LogP contribution in [0.4, 0.5) is 0 Å². The molecule has 1 aromatic rings. The summed E-state index contributed by atoms with van der Waals surface area (Å²) in [6.45, 7) is 0.894. The van der Waals surface area contributed by atoms with E-state index in [1.165, 1.54) is 12.1 Å². The fourth-order valence-electron chi connectivity index (χ4n) is 0.965. The summed E-state index contributed by atoms with van der Waals surface area (Å²) in [5.74, 6) is -0.252. The van der Waals surface area contributed by atoms with Crippen molar-refractivity contribution in [1.82, 2.24) is 10.3 Å². The highest BCUT2D eigenvalue weighted by Crippen LogP contribution is 2.14. The van der Waals surface area contributed by atoms with Crippen LogP contribution in [0.1, 0.15) is 10.4 Å². The number of rotatable bonds is 4. The molecular weight excluding hydrogens is 239 g/mol. The van der Waals surface area contributed by atoms with Crippen molar-refractivity contribution in [3.8, 4) is 0 Å². The summed E-state index contributed by atoms with van der Waals surface area (Å²) in [5, 5.41) is 3.03. The molecule has 0 unspecified atom stereocenters. The van der Waals surface area contributed by atoms with Crippen molar-refractivity contribution in [3.63, 3.8) is 0 Å². The third-order valence-corrected chi connectivity index (χ3v) is 2.00. The van der Waals surface area contributed by atoms with Gasteiger partial charge in [-0.1, -0.05) is 23.2 Å². The minimum absolute atomic E-state index is 0.194. The molecule has 82 valence electrons. The molecule has 0 aliphatic rings. The van der Waals surface area contributed by atoms with Crippen molar-refractivity contribution in [2.45, 2.75) is 0 Å². The molecule has 0 aliphatic heterocycles. The number of methoxy groups -OCH3 is 1. The zero-order valence-corrected chi connectivity index (χ0v) is 9.60. The number of carbonyl (C=O) groups excluding carboxylic acids is 1. The van der Waals surface area contributed by atoms with E-state index in [0.717, 1.165) is 0 Å². The minimum atomic E-state index is -0.252. The zero-order valence-electron chi connectivity index (χ0n) is 8.09. The van der Waals surface area contributed by atoms with Crippen molar-refractivity contribution in [1.29, 1.82) is 0 Å². The summed E-state index contributed by atoms with van der Waals surface area (Å²) in [7, 11) is 1.56. The van der Waals surface area contributed by atoms with Crippen molar-refractivity contribution in [2.75, 3.05) is 20.3 Å². The van der Waals surface area contributed by atoms with Gasteiger partial charge in [0.1, 0.15) is 10.3 Å². The third kappa shape index (κ3) is 4.03. The molecule has 0 aliphatic carbocycles. The van der Waals surface area contributed by atoms with Crippen LogP contribution < -0.4 is 5.32 Å². The molecule has 15 heavy (non-hydrogen) atoms. The lowest BCUT2D eigenvalue weighted by Crippen LogP contribution is -2.26. The molecule has 0 atom stereocenters. The Kier molecular flexibility index (Phi) is 4.81. The molecule has 1 rings (SSSR count). The van der Waals surface area contributed by atoms with E-state index in [1.54, 1.807) is 7.11 Å². The Hall–Kier alpha value is -0.840. The number of nitrogens with zero attached hydrogens (tertiary/aromatic N) is 1. The van der Waals surface area contributed by atoms with Crippen LogP contribution in [0.2, 0.25) is 10.3 Å². The van der Waals surface area contributed by atoms with E-state index >= 15 is 0 Å². The molecule has 0 bridgehead atoms. The highest BCUT2D eigenvalue weighted by molar-refractivity contribution is 6.33. The van der Waals surface area contributed by atoms with Gasteiger partial charge < -0.3 is 10.1 Å². The van der Waals surface area contributed by atoms with E-state index in [-0.39, 0.29) is 16.2 Å². The maximum atomic E-state index is 11.5. The first-order valence-corrected chi connectivity index (χ1v) is 4.99. The van der Waals surface area contributed by atoms with E-state index in [1.807, 2.05) is 0 Å². The third-order valence-electron chi connectivity index (χ3n) is 1.62. The van der Waals surface area contributed by atoms with Crippen molar-refractivity contribution in [3.05, 3.63) is 28.0 Å². The number of hydrogen-bond donors (Lipinski definition) is 1. The van der Waals surface area contributed by atoms with Crippen molar-refractivity contribution in [2.24, 2.45) is 0 Å². The van der Waals surface area contributed by atoms with Gasteiger partial charge in [0.05, 0.1) is 6.61 Å². The first kappa shape index (κ1) is 12.2. The summed E-state index contributed by atoms with van der Waals surface area (Å²) < 4.78 is 4.80. The van der Waals surface area contributed by atoms with E-state index in [2.05, 4.69) is 10.3 Å². The van der Waals surface area contributed by atoms with E-state index in [9.17, 15) is 4.79 Å². The fourth-order valence-corrected chi connectivity index (χ4v) is 1.43. The van der Waals surface area contributed by atoms with Crippen LogP contribution in [0.25, 0.3) is 0 Å². The summed E-state index contributed by atoms with van der Waals surface area (Å²) >= 11 is 11.3. The van der Waals surface area contributed by atoms with Crippen LogP contribution in [0.3, 0.4) is 0 Å². The average Bonchev–Trinajstić information content (AvgIpc) is 2.16. The molecule has 0 spiro atoms. The van der Waals surface area contributed by atoms with Crippen molar-refractivity contribution < 1.29 is 9.53 Å². The van der Waals surface area contributed by atoms with Crippen LogP contribution >= 0.6 is 23.2 Å². The molecule has 1 N–H and O–H groups in total. The van der Waals surface area contributed by atoms with Crippen LogP contribution in [-0.2, 0) is 4.74 Å². The standard InChI is InChI=1S/C9H10Cl2N2O2/c1-15-3-2-12-9(14)6-4-7(10)13-8(11)5-6/h4-5H,2-3H2,1H3,(H,12,14). The second kappa shape index (κ2) is 5.90. The number of amides is 1. The SMILES string of the molecule is COCCNC(=O)c1cc(Cl)nc(Cl)c1. The molecule has 0 saturated carbocycles. The molecule has 0 saturated heterocycles. The van der Waals surface area contributed by atoms with Gasteiger partial charge in [-0.05, 0) is 12.1 Å². The first-order valence-electron chi connectivity index (χ1n) is 4.23. The average molecular weight is 249 g/mol. The lowest BCUT2D eigenvalue weighted by atomic mass is 10.2. The molecule has 4 nitrogen and oxygen atoms in total. The topological polar surface area (TPSA) is 51.2 Å². The van der Waals surface area contributed by atoms with E-state index < -0.39 is 0 Å². The maximum Gasteiger partial charge on any atom is 0.251 e. The van der Waals surface area contributed by atoms with Crippen LogP contribution in [-0.4, -0.2) is 31.2 Å². The molecule has 0 radical (unpaired) electrons. The van der Waals surface area contributed by atoms with Gasteiger partial charge in [-0.2, -0.15) is 0 Å². The van der Waals surface area contributed by atoms with E-state index in [0.29, 0.717) is 18.7 Å². The van der Waals surface area contributed by atoms with Crippen LogP contribution in [0.15, 0.2) is 12.1 Å². The highest BCUT2D eigenvalue weighted by atomic mass is 35.5. The maximum absolute atomic E-state index is 11.5. The number of halogens is 2. The summed E-state index contributed by atoms with van der Waals surface area (Å²) in [6.07, 6.45) is 0. The van der Waals surface area contributed by atoms with Gasteiger partial charge in [0.15, 0.2) is 0 Å². The van der Waals surface area contributed by atoms with Gasteiger partial charge in [0, 0.05) is 19.2 Å². The highest BCUT2D eigenvalue weighted by Gasteiger charge is 2.07. The van der Waals surface area contributed by atoms with Gasteiger partial charge in [-0.25, -0.2) is 4.98 Å². The van der Waals surface area contributed by atoms with Crippen molar-refractivity contribution >= 4 is 29.1 Å². The van der Waals surface area contributed by atoms with Crippen LogP contribution in [0, 0.1) is 0 Å². The second-order valence-corrected chi connectivity index (χ2v) is 3.52. The Labute approximate surface area is 97.5 Å². The monoisotopic (exact) mass is 248 g/mol. The fraction of sp³-hybridized carbons (Fsp3) is 0.333. The van der Waals surface area contributed by atoms with Gasteiger partial charge >= 0.3 is 0 Å². The molecule has 0 fully saturated rings. The minimum Gasteiger partial charge on any atom is -0.383 e. The largest absolute Gasteiger partial charge is 0.383 e. The Morgan fingerprint density at radius 3 is 2.60 bits per heavy atom.